The minimum Gasteiger partial charge on any atom is -0.444 e. The Balaban J connectivity index is 3.15. The van der Waals surface area contributed by atoms with Crippen molar-refractivity contribution < 1.29 is 22.7 Å². The topological polar surface area (TPSA) is 62.1 Å². The van der Waals surface area contributed by atoms with Gasteiger partial charge in [-0.2, -0.15) is 18.4 Å². The number of hydrogen-bond acceptors (Lipinski definition) is 3. The van der Waals surface area contributed by atoms with E-state index in [-0.39, 0.29) is 5.69 Å². The Kier molecular flexibility index (Phi) is 5.09. The molecular weight excluding hydrogens is 400 g/mol. The van der Waals surface area contributed by atoms with E-state index in [0.717, 1.165) is 12.1 Å². The van der Waals surface area contributed by atoms with Crippen molar-refractivity contribution in [2.45, 2.75) is 32.5 Å². The number of rotatable bonds is 1. The first kappa shape index (κ1) is 17.6. The molecule has 21 heavy (non-hydrogen) atoms. The number of nitriles is 1. The van der Waals surface area contributed by atoms with E-state index in [1.165, 1.54) is 6.07 Å². The summed E-state index contributed by atoms with van der Waals surface area (Å²) in [5.41, 5.74) is -2.43. The average molecular weight is 412 g/mol. The first-order chi connectivity index (χ1) is 9.44. The van der Waals surface area contributed by atoms with Gasteiger partial charge in [-0.25, -0.2) is 4.79 Å². The van der Waals surface area contributed by atoms with Gasteiger partial charge in [-0.1, -0.05) is 0 Å². The fourth-order valence-corrected chi connectivity index (χ4v) is 2.01. The number of nitrogens with zero attached hydrogens (tertiary/aromatic N) is 1. The molecule has 0 unspecified atom stereocenters. The number of ether oxygens (including phenoxy) is 1. The van der Waals surface area contributed by atoms with Crippen LogP contribution in [0.2, 0.25) is 0 Å². The normalized spacial score (nSPS) is 11.7. The van der Waals surface area contributed by atoms with Crippen LogP contribution < -0.4 is 5.32 Å². The zero-order chi connectivity index (χ0) is 16.4. The quantitative estimate of drug-likeness (QED) is 0.690. The van der Waals surface area contributed by atoms with Crippen molar-refractivity contribution >= 4 is 34.4 Å². The second-order valence-electron chi connectivity index (χ2n) is 5.11. The zero-order valence-electron chi connectivity index (χ0n) is 11.4. The lowest BCUT2D eigenvalue weighted by Gasteiger charge is -2.20. The number of alkyl halides is 3. The van der Waals surface area contributed by atoms with Crippen LogP contribution >= 0.6 is 22.6 Å². The van der Waals surface area contributed by atoms with Crippen molar-refractivity contribution in [1.29, 1.82) is 5.26 Å². The molecule has 0 aromatic heterocycles. The standard InChI is InChI=1S/C13H12F3IN2O2/c1-12(2,3)21-11(20)19-10-5-8(13(14,15)16)7(6-18)4-9(10)17/h4-5H,1-3H3,(H,19,20). The lowest BCUT2D eigenvalue weighted by molar-refractivity contribution is -0.137. The Morgan fingerprint density at radius 1 is 1.33 bits per heavy atom. The smallest absolute Gasteiger partial charge is 0.417 e. The number of carbonyl (C=O) groups excluding carboxylic acids is 1. The highest BCUT2D eigenvalue weighted by molar-refractivity contribution is 14.1. The van der Waals surface area contributed by atoms with Crippen LogP contribution in [0, 0.1) is 14.9 Å². The van der Waals surface area contributed by atoms with Gasteiger partial charge in [0.25, 0.3) is 0 Å². The fourth-order valence-electron chi connectivity index (χ4n) is 1.41. The molecule has 0 saturated carbocycles. The van der Waals surface area contributed by atoms with Crippen molar-refractivity contribution in [2.24, 2.45) is 0 Å². The summed E-state index contributed by atoms with van der Waals surface area (Å²) in [6, 6.07) is 3.28. The summed E-state index contributed by atoms with van der Waals surface area (Å²) in [6.07, 6.45) is -5.54. The van der Waals surface area contributed by atoms with Gasteiger partial charge in [0.2, 0.25) is 0 Å². The molecule has 0 fully saturated rings. The minimum absolute atomic E-state index is 0.0591. The Hall–Kier alpha value is -1.50. The third-order valence-corrected chi connectivity index (χ3v) is 3.06. The van der Waals surface area contributed by atoms with Crippen LogP contribution in [0.1, 0.15) is 31.9 Å². The van der Waals surface area contributed by atoms with Gasteiger partial charge < -0.3 is 4.74 Å². The van der Waals surface area contributed by atoms with Crippen LogP contribution in [0.5, 0.6) is 0 Å². The number of benzene rings is 1. The molecule has 0 radical (unpaired) electrons. The molecule has 1 aromatic rings. The molecule has 0 aliphatic carbocycles. The van der Waals surface area contributed by atoms with Crippen molar-refractivity contribution in [3.63, 3.8) is 0 Å². The summed E-state index contributed by atoms with van der Waals surface area (Å²) in [6.45, 7) is 4.91. The summed E-state index contributed by atoms with van der Waals surface area (Å²) < 4.78 is 43.9. The van der Waals surface area contributed by atoms with Crippen LogP contribution in [0.4, 0.5) is 23.7 Å². The highest BCUT2D eigenvalue weighted by atomic mass is 127. The predicted molar refractivity (Wildman–Crippen MR) is 78.7 cm³/mol. The van der Waals surface area contributed by atoms with E-state index in [2.05, 4.69) is 5.32 Å². The lowest BCUT2D eigenvalue weighted by Crippen LogP contribution is -2.27. The van der Waals surface area contributed by atoms with Crippen molar-refractivity contribution in [1.82, 2.24) is 0 Å². The molecule has 1 rings (SSSR count). The van der Waals surface area contributed by atoms with Gasteiger partial charge in [-0.15, -0.1) is 0 Å². The van der Waals surface area contributed by atoms with Crippen LogP contribution in [-0.2, 0) is 10.9 Å². The number of hydrogen-bond donors (Lipinski definition) is 1. The molecule has 1 amide bonds. The van der Waals surface area contributed by atoms with Gasteiger partial charge in [-0.3, -0.25) is 5.32 Å². The number of amides is 1. The van der Waals surface area contributed by atoms with Gasteiger partial charge in [0.1, 0.15) is 5.60 Å². The molecule has 0 bridgehead atoms. The Labute approximate surface area is 133 Å². The first-order valence-electron chi connectivity index (χ1n) is 5.75. The molecule has 0 heterocycles. The Morgan fingerprint density at radius 2 is 1.90 bits per heavy atom. The molecular formula is C13H12F3IN2O2. The maximum atomic E-state index is 12.9. The highest BCUT2D eigenvalue weighted by Gasteiger charge is 2.34. The van der Waals surface area contributed by atoms with E-state index in [9.17, 15) is 18.0 Å². The molecule has 0 aliphatic heterocycles. The van der Waals surface area contributed by atoms with E-state index in [0.29, 0.717) is 3.57 Å². The molecule has 0 saturated heterocycles. The average Bonchev–Trinajstić information content (AvgIpc) is 2.27. The molecule has 114 valence electrons. The maximum absolute atomic E-state index is 12.9. The Bertz CT molecular complexity index is 601. The van der Waals surface area contributed by atoms with Gasteiger partial charge in [0, 0.05) is 3.57 Å². The fraction of sp³-hybridized carbons (Fsp3) is 0.385. The summed E-state index contributed by atoms with van der Waals surface area (Å²) >= 11 is 1.74. The summed E-state index contributed by atoms with van der Waals surface area (Å²) in [7, 11) is 0. The Morgan fingerprint density at radius 3 is 2.33 bits per heavy atom. The zero-order valence-corrected chi connectivity index (χ0v) is 13.6. The predicted octanol–water partition coefficient (Wildman–Crippen LogP) is 4.53. The van der Waals surface area contributed by atoms with Crippen LogP contribution in [-0.4, -0.2) is 11.7 Å². The van der Waals surface area contributed by atoms with E-state index in [4.69, 9.17) is 10.00 Å². The molecule has 1 N–H and O–H groups in total. The lowest BCUT2D eigenvalue weighted by atomic mass is 10.1. The second kappa shape index (κ2) is 6.09. The van der Waals surface area contributed by atoms with Gasteiger partial charge in [-0.05, 0) is 55.5 Å². The molecule has 4 nitrogen and oxygen atoms in total. The molecule has 8 heteroatoms. The van der Waals surface area contributed by atoms with E-state index >= 15 is 0 Å². The summed E-state index contributed by atoms with van der Waals surface area (Å²) in [4.78, 5) is 11.6. The van der Waals surface area contributed by atoms with Crippen molar-refractivity contribution in [3.8, 4) is 6.07 Å². The number of carbonyl (C=O) groups is 1. The highest BCUT2D eigenvalue weighted by Crippen LogP contribution is 2.35. The van der Waals surface area contributed by atoms with Gasteiger partial charge >= 0.3 is 12.3 Å². The number of anilines is 1. The van der Waals surface area contributed by atoms with E-state index < -0.39 is 29.0 Å². The molecule has 1 aromatic carbocycles. The summed E-state index contributed by atoms with van der Waals surface area (Å²) in [5, 5.41) is 11.0. The molecule has 0 aliphatic rings. The second-order valence-corrected chi connectivity index (χ2v) is 6.28. The van der Waals surface area contributed by atoms with Gasteiger partial charge in [0.05, 0.1) is 22.9 Å². The van der Waals surface area contributed by atoms with Crippen LogP contribution in [0.15, 0.2) is 12.1 Å². The number of nitrogens with one attached hydrogen (secondary N) is 1. The third kappa shape index (κ3) is 5.08. The SMILES string of the molecule is CC(C)(C)OC(=O)Nc1cc(C(F)(F)F)c(C#N)cc1I. The maximum Gasteiger partial charge on any atom is 0.417 e. The van der Waals surface area contributed by atoms with Crippen molar-refractivity contribution in [3.05, 3.63) is 26.8 Å². The largest absolute Gasteiger partial charge is 0.444 e. The van der Waals surface area contributed by atoms with Gasteiger partial charge in [0.15, 0.2) is 0 Å². The summed E-state index contributed by atoms with van der Waals surface area (Å²) in [5.74, 6) is 0. The molecule has 0 spiro atoms. The van der Waals surface area contributed by atoms with E-state index in [1.54, 1.807) is 43.4 Å². The first-order valence-corrected chi connectivity index (χ1v) is 6.83. The van der Waals surface area contributed by atoms with Crippen LogP contribution in [0.25, 0.3) is 0 Å². The van der Waals surface area contributed by atoms with Crippen molar-refractivity contribution in [2.75, 3.05) is 5.32 Å². The monoisotopic (exact) mass is 412 g/mol. The number of halogens is 4. The minimum atomic E-state index is -4.68. The van der Waals surface area contributed by atoms with E-state index in [1.807, 2.05) is 0 Å². The molecule has 0 atom stereocenters. The van der Waals surface area contributed by atoms with Crippen LogP contribution in [0.3, 0.4) is 0 Å². The third-order valence-electron chi connectivity index (χ3n) is 2.17.